The van der Waals surface area contributed by atoms with Crippen molar-refractivity contribution < 1.29 is 25.8 Å². The Labute approximate surface area is 87.8 Å². The first-order chi connectivity index (χ1) is 6.83. The molecular formula is C6H4F3NO3S2. The third-order valence-electron chi connectivity index (χ3n) is 1.11. The van der Waals surface area contributed by atoms with Crippen molar-refractivity contribution in [3.05, 3.63) is 23.6 Å². The minimum atomic E-state index is -5.64. The van der Waals surface area contributed by atoms with Crippen molar-refractivity contribution in [2.45, 2.75) is 5.51 Å². The van der Waals surface area contributed by atoms with Crippen LogP contribution in [0.3, 0.4) is 0 Å². The van der Waals surface area contributed by atoms with Crippen LogP contribution in [0.5, 0.6) is 0 Å². The van der Waals surface area contributed by atoms with Gasteiger partial charge in [0.2, 0.25) is 5.90 Å². The summed E-state index contributed by atoms with van der Waals surface area (Å²) in [6.07, 6.45) is 3.80. The first kappa shape index (κ1) is 12.1. The molecule has 9 heteroatoms. The van der Waals surface area contributed by atoms with E-state index in [-0.39, 0.29) is 0 Å². The van der Waals surface area contributed by atoms with Gasteiger partial charge in [-0.1, -0.05) is 12.2 Å². The zero-order valence-electron chi connectivity index (χ0n) is 6.93. The summed E-state index contributed by atoms with van der Waals surface area (Å²) < 4.78 is 63.9. The molecule has 0 aromatic carbocycles. The lowest BCUT2D eigenvalue weighted by Crippen LogP contribution is -2.27. The van der Waals surface area contributed by atoms with Crippen LogP contribution >= 0.6 is 11.9 Å². The van der Waals surface area contributed by atoms with E-state index in [0.717, 1.165) is 18.0 Å². The highest BCUT2D eigenvalue weighted by Gasteiger charge is 2.49. The zero-order valence-corrected chi connectivity index (χ0v) is 8.56. The molecule has 1 rings (SSSR count). The van der Waals surface area contributed by atoms with Gasteiger partial charge in [-0.05, 0) is 5.41 Å². The molecule has 84 valence electrons. The third-order valence-corrected chi connectivity index (χ3v) is 2.63. The molecule has 1 heterocycles. The average Bonchev–Trinajstić information content (AvgIpc) is 2.30. The summed E-state index contributed by atoms with van der Waals surface area (Å²) in [5.74, 6) is -0.623. The number of rotatable bonds is 1. The monoisotopic (exact) mass is 259 g/mol. The van der Waals surface area contributed by atoms with E-state index in [1.807, 2.05) is 0 Å². The molecule has 0 aliphatic carbocycles. The van der Waals surface area contributed by atoms with Crippen LogP contribution in [0.25, 0.3) is 0 Å². The van der Waals surface area contributed by atoms with Gasteiger partial charge in [0, 0.05) is 18.0 Å². The van der Waals surface area contributed by atoms with Crippen LogP contribution in [0.4, 0.5) is 13.2 Å². The lowest BCUT2D eigenvalue weighted by molar-refractivity contribution is -0.0504. The summed E-state index contributed by atoms with van der Waals surface area (Å²) >= 11 is 0.763. The van der Waals surface area contributed by atoms with Crippen LogP contribution in [-0.4, -0.2) is 19.8 Å². The van der Waals surface area contributed by atoms with Crippen LogP contribution in [0, 0.1) is 0 Å². The zero-order chi connectivity index (χ0) is 11.5. The molecule has 0 fully saturated rings. The quantitative estimate of drug-likeness (QED) is 0.410. The Balaban J connectivity index is 2.84. The second kappa shape index (κ2) is 4.27. The molecule has 0 unspecified atom stereocenters. The first-order valence-corrected chi connectivity index (χ1v) is 5.65. The molecule has 0 N–H and O–H groups in total. The predicted octanol–water partition coefficient (Wildman–Crippen LogP) is 1.98. The molecular weight excluding hydrogens is 255 g/mol. The molecule has 15 heavy (non-hydrogen) atoms. The normalized spacial score (nSPS) is 17.1. The predicted molar refractivity (Wildman–Crippen MR) is 49.4 cm³/mol. The highest BCUT2D eigenvalue weighted by molar-refractivity contribution is 8.01. The van der Waals surface area contributed by atoms with E-state index in [9.17, 15) is 21.6 Å². The van der Waals surface area contributed by atoms with E-state index in [4.69, 9.17) is 0 Å². The largest absolute Gasteiger partial charge is 0.534 e. The maximum absolute atomic E-state index is 11.9. The number of nitrogens with zero attached hydrogens (tertiary/aromatic N) is 1. The van der Waals surface area contributed by atoms with E-state index in [2.05, 4.69) is 8.58 Å². The summed E-state index contributed by atoms with van der Waals surface area (Å²) in [5, 5.41) is 1.45. The van der Waals surface area contributed by atoms with E-state index >= 15 is 0 Å². The maximum atomic E-state index is 11.9. The summed E-state index contributed by atoms with van der Waals surface area (Å²) in [5.41, 5.74) is -5.45. The molecule has 0 aromatic heterocycles. The Bertz CT molecular complexity index is 421. The summed E-state index contributed by atoms with van der Waals surface area (Å²) in [4.78, 5) is 0. The smallest absolute Gasteiger partial charge is 0.355 e. The van der Waals surface area contributed by atoms with Gasteiger partial charge in [0.05, 0.1) is 0 Å². The van der Waals surface area contributed by atoms with Gasteiger partial charge in [0.1, 0.15) is 0 Å². The van der Waals surface area contributed by atoms with Gasteiger partial charge in [-0.15, -0.1) is 0 Å². The summed E-state index contributed by atoms with van der Waals surface area (Å²) in [7, 11) is -5.64. The van der Waals surface area contributed by atoms with Gasteiger partial charge in [0.15, 0.2) is 0 Å². The van der Waals surface area contributed by atoms with Crippen molar-refractivity contribution in [1.29, 1.82) is 0 Å². The molecule has 0 atom stereocenters. The second-order valence-corrected chi connectivity index (χ2v) is 4.41. The van der Waals surface area contributed by atoms with Crippen LogP contribution in [0.15, 0.2) is 28.0 Å². The van der Waals surface area contributed by atoms with Crippen molar-refractivity contribution in [3.8, 4) is 0 Å². The Morgan fingerprint density at radius 1 is 1.33 bits per heavy atom. The highest BCUT2D eigenvalue weighted by Crippen LogP contribution is 2.25. The second-order valence-electron chi connectivity index (χ2n) is 2.21. The van der Waals surface area contributed by atoms with Gasteiger partial charge in [0.25, 0.3) is 0 Å². The molecule has 0 amide bonds. The van der Waals surface area contributed by atoms with E-state index in [1.165, 1.54) is 17.6 Å². The van der Waals surface area contributed by atoms with Crippen molar-refractivity contribution in [1.82, 2.24) is 0 Å². The summed E-state index contributed by atoms with van der Waals surface area (Å²) in [6, 6.07) is 0. The van der Waals surface area contributed by atoms with Crippen LogP contribution < -0.4 is 0 Å². The Morgan fingerprint density at radius 2 is 2.00 bits per heavy atom. The Morgan fingerprint density at radius 3 is 2.60 bits per heavy atom. The first-order valence-electron chi connectivity index (χ1n) is 3.41. The molecule has 1 aliphatic heterocycles. The van der Waals surface area contributed by atoms with E-state index in [1.54, 1.807) is 0 Å². The van der Waals surface area contributed by atoms with Crippen LogP contribution in [0.2, 0.25) is 0 Å². The van der Waals surface area contributed by atoms with Crippen molar-refractivity contribution >= 4 is 28.0 Å². The fourth-order valence-corrected chi connectivity index (χ4v) is 1.42. The molecule has 0 saturated carbocycles. The molecule has 0 radical (unpaired) electrons. The van der Waals surface area contributed by atoms with Crippen LogP contribution in [-0.2, 0) is 14.3 Å². The highest BCUT2D eigenvalue weighted by atomic mass is 32.2. The maximum Gasteiger partial charge on any atom is 0.534 e. The minimum Gasteiger partial charge on any atom is -0.355 e. The molecule has 0 spiro atoms. The van der Waals surface area contributed by atoms with Gasteiger partial charge in [-0.2, -0.15) is 26.0 Å². The molecule has 1 aliphatic rings. The van der Waals surface area contributed by atoms with Gasteiger partial charge >= 0.3 is 15.6 Å². The molecule has 4 nitrogen and oxygen atoms in total. The molecule has 0 bridgehead atoms. The third kappa shape index (κ3) is 3.27. The Hall–Kier alpha value is -0.960. The van der Waals surface area contributed by atoms with Gasteiger partial charge in [-0.25, -0.2) is 0 Å². The summed E-state index contributed by atoms with van der Waals surface area (Å²) in [6.45, 7) is 0. The standard InChI is InChI=1S/C6H4F3NO3S2/c7-6(8,9)15(11,12)13-5-3-1-2-4-14-10-5/h1-4H. The number of halogens is 3. The number of allylic oxidation sites excluding steroid dienone is 2. The van der Waals surface area contributed by atoms with Crippen molar-refractivity contribution in [2.75, 3.05) is 0 Å². The number of hydrogen-bond acceptors (Lipinski definition) is 5. The number of hydrogen-bond donors (Lipinski definition) is 0. The van der Waals surface area contributed by atoms with Crippen molar-refractivity contribution in [2.24, 2.45) is 4.40 Å². The van der Waals surface area contributed by atoms with E-state index < -0.39 is 21.5 Å². The van der Waals surface area contributed by atoms with Crippen molar-refractivity contribution in [3.63, 3.8) is 0 Å². The van der Waals surface area contributed by atoms with Crippen LogP contribution in [0.1, 0.15) is 0 Å². The molecule has 0 saturated heterocycles. The van der Waals surface area contributed by atoms with Gasteiger partial charge < -0.3 is 4.18 Å². The molecule has 0 aromatic rings. The topological polar surface area (TPSA) is 55.7 Å². The Kier molecular flexibility index (Phi) is 3.45. The average molecular weight is 259 g/mol. The lowest BCUT2D eigenvalue weighted by Gasteiger charge is -2.07. The minimum absolute atomic E-state index is 0.623. The fraction of sp³-hybridized carbons (Fsp3) is 0.167. The number of alkyl halides is 3. The van der Waals surface area contributed by atoms with Gasteiger partial charge in [-0.3, -0.25) is 0 Å². The SMILES string of the molecule is O=S(=O)(OC1=NSC=CC=C1)C(F)(F)F. The van der Waals surface area contributed by atoms with E-state index in [0.29, 0.717) is 0 Å². The fourth-order valence-electron chi connectivity index (χ4n) is 0.534. The lowest BCUT2D eigenvalue weighted by atomic mass is 10.5.